The SMILES string of the molecule is Cc1ccc(-c2cc(N3CCCC(N)C3)n[nH]2)cc1C. The van der Waals surface area contributed by atoms with Gasteiger partial charge in [-0.3, -0.25) is 5.10 Å². The summed E-state index contributed by atoms with van der Waals surface area (Å²) >= 11 is 0. The number of rotatable bonds is 2. The van der Waals surface area contributed by atoms with Gasteiger partial charge in [-0.25, -0.2) is 0 Å². The molecule has 20 heavy (non-hydrogen) atoms. The van der Waals surface area contributed by atoms with Gasteiger partial charge in [-0.2, -0.15) is 5.10 Å². The average molecular weight is 270 g/mol. The molecule has 1 aromatic carbocycles. The normalized spacial score (nSPS) is 19.4. The first-order valence-electron chi connectivity index (χ1n) is 7.27. The second-order valence-electron chi connectivity index (χ2n) is 5.79. The number of hydrogen-bond acceptors (Lipinski definition) is 3. The molecule has 1 atom stereocenters. The van der Waals surface area contributed by atoms with Crippen molar-refractivity contribution in [3.63, 3.8) is 0 Å². The molecular weight excluding hydrogens is 248 g/mol. The third-order valence-corrected chi connectivity index (χ3v) is 4.16. The van der Waals surface area contributed by atoms with Crippen LogP contribution in [0.25, 0.3) is 11.3 Å². The van der Waals surface area contributed by atoms with Crippen LogP contribution in [0.4, 0.5) is 5.82 Å². The highest BCUT2D eigenvalue weighted by Crippen LogP contribution is 2.25. The Hall–Kier alpha value is -1.81. The van der Waals surface area contributed by atoms with Crippen molar-refractivity contribution in [2.24, 2.45) is 5.73 Å². The molecule has 2 heterocycles. The fourth-order valence-corrected chi connectivity index (χ4v) is 2.75. The molecule has 0 spiro atoms. The second kappa shape index (κ2) is 5.29. The molecule has 0 radical (unpaired) electrons. The molecule has 0 amide bonds. The van der Waals surface area contributed by atoms with E-state index in [-0.39, 0.29) is 6.04 Å². The molecule has 0 aliphatic carbocycles. The molecule has 4 heteroatoms. The van der Waals surface area contributed by atoms with E-state index < -0.39 is 0 Å². The van der Waals surface area contributed by atoms with E-state index in [1.54, 1.807) is 0 Å². The summed E-state index contributed by atoms with van der Waals surface area (Å²) in [6.07, 6.45) is 2.26. The molecule has 2 aromatic rings. The molecule has 1 unspecified atom stereocenters. The van der Waals surface area contributed by atoms with Gasteiger partial charge in [-0.05, 0) is 49.4 Å². The minimum absolute atomic E-state index is 0.269. The lowest BCUT2D eigenvalue weighted by Gasteiger charge is -2.30. The van der Waals surface area contributed by atoms with Crippen molar-refractivity contribution >= 4 is 5.82 Å². The van der Waals surface area contributed by atoms with Crippen LogP contribution in [0.5, 0.6) is 0 Å². The Kier molecular flexibility index (Phi) is 3.49. The molecule has 1 fully saturated rings. The van der Waals surface area contributed by atoms with Crippen molar-refractivity contribution in [2.75, 3.05) is 18.0 Å². The molecule has 3 rings (SSSR count). The Labute approximate surface area is 120 Å². The number of nitrogens with two attached hydrogens (primary N) is 1. The minimum Gasteiger partial charge on any atom is -0.354 e. The monoisotopic (exact) mass is 270 g/mol. The molecule has 1 aromatic heterocycles. The van der Waals surface area contributed by atoms with Crippen LogP contribution in [-0.4, -0.2) is 29.3 Å². The van der Waals surface area contributed by atoms with E-state index in [4.69, 9.17) is 5.73 Å². The van der Waals surface area contributed by atoms with E-state index in [0.29, 0.717) is 0 Å². The van der Waals surface area contributed by atoms with Gasteiger partial charge in [0, 0.05) is 25.2 Å². The number of nitrogens with zero attached hydrogens (tertiary/aromatic N) is 2. The number of hydrogen-bond donors (Lipinski definition) is 2. The van der Waals surface area contributed by atoms with E-state index in [1.165, 1.54) is 16.7 Å². The van der Waals surface area contributed by atoms with Crippen LogP contribution in [0.15, 0.2) is 24.3 Å². The van der Waals surface area contributed by atoms with E-state index in [2.05, 4.69) is 53.2 Å². The van der Waals surface area contributed by atoms with E-state index >= 15 is 0 Å². The van der Waals surface area contributed by atoms with Gasteiger partial charge in [0.05, 0.1) is 5.69 Å². The number of aromatic nitrogens is 2. The van der Waals surface area contributed by atoms with Gasteiger partial charge in [0.25, 0.3) is 0 Å². The zero-order valence-corrected chi connectivity index (χ0v) is 12.2. The van der Waals surface area contributed by atoms with Crippen molar-refractivity contribution in [3.8, 4) is 11.3 Å². The number of aromatic amines is 1. The summed E-state index contributed by atoms with van der Waals surface area (Å²) in [5, 5.41) is 7.60. The number of piperidine rings is 1. The third-order valence-electron chi connectivity index (χ3n) is 4.16. The van der Waals surface area contributed by atoms with Gasteiger partial charge in [-0.1, -0.05) is 12.1 Å². The quantitative estimate of drug-likeness (QED) is 0.882. The number of H-pyrrole nitrogens is 1. The van der Waals surface area contributed by atoms with Gasteiger partial charge < -0.3 is 10.6 Å². The standard InChI is InChI=1S/C16H22N4/c1-11-5-6-13(8-12(11)2)15-9-16(19-18-15)20-7-3-4-14(17)10-20/h5-6,8-9,14H,3-4,7,10,17H2,1-2H3,(H,18,19). The fraction of sp³-hybridized carbons (Fsp3) is 0.438. The Morgan fingerprint density at radius 3 is 2.85 bits per heavy atom. The highest BCUT2D eigenvalue weighted by molar-refractivity contribution is 5.64. The highest BCUT2D eigenvalue weighted by Gasteiger charge is 2.19. The van der Waals surface area contributed by atoms with Gasteiger partial charge in [-0.15, -0.1) is 0 Å². The number of aryl methyl sites for hydroxylation is 2. The first-order chi connectivity index (χ1) is 9.63. The summed E-state index contributed by atoms with van der Waals surface area (Å²) in [5.41, 5.74) is 10.9. The summed E-state index contributed by atoms with van der Waals surface area (Å²) in [7, 11) is 0. The molecule has 106 valence electrons. The molecule has 0 saturated carbocycles. The highest BCUT2D eigenvalue weighted by atomic mass is 15.3. The van der Waals surface area contributed by atoms with Crippen molar-refractivity contribution in [2.45, 2.75) is 32.7 Å². The third kappa shape index (κ3) is 2.56. The Balaban J connectivity index is 1.84. The molecule has 3 N–H and O–H groups in total. The van der Waals surface area contributed by atoms with Crippen LogP contribution >= 0.6 is 0 Å². The summed E-state index contributed by atoms with van der Waals surface area (Å²) in [4.78, 5) is 2.27. The molecule has 1 aliphatic rings. The van der Waals surface area contributed by atoms with Crippen LogP contribution in [-0.2, 0) is 0 Å². The zero-order valence-electron chi connectivity index (χ0n) is 12.2. The smallest absolute Gasteiger partial charge is 0.151 e. The summed E-state index contributed by atoms with van der Waals surface area (Å²) in [5.74, 6) is 1.01. The van der Waals surface area contributed by atoms with Gasteiger partial charge >= 0.3 is 0 Å². The molecular formula is C16H22N4. The van der Waals surface area contributed by atoms with Crippen LogP contribution in [0.1, 0.15) is 24.0 Å². The molecule has 1 saturated heterocycles. The first kappa shape index (κ1) is 13.2. The maximum Gasteiger partial charge on any atom is 0.151 e. The van der Waals surface area contributed by atoms with Crippen molar-refractivity contribution in [1.82, 2.24) is 10.2 Å². The molecule has 4 nitrogen and oxygen atoms in total. The molecule has 0 bridgehead atoms. The van der Waals surface area contributed by atoms with Gasteiger partial charge in [0.15, 0.2) is 5.82 Å². The van der Waals surface area contributed by atoms with E-state index in [9.17, 15) is 0 Å². The largest absolute Gasteiger partial charge is 0.354 e. The average Bonchev–Trinajstić information content (AvgIpc) is 2.92. The fourth-order valence-electron chi connectivity index (χ4n) is 2.75. The number of benzene rings is 1. The van der Waals surface area contributed by atoms with Crippen LogP contribution in [0.2, 0.25) is 0 Å². The van der Waals surface area contributed by atoms with Crippen molar-refractivity contribution in [3.05, 3.63) is 35.4 Å². The Bertz CT molecular complexity index is 602. The van der Waals surface area contributed by atoms with E-state index in [0.717, 1.165) is 37.4 Å². The van der Waals surface area contributed by atoms with Crippen LogP contribution in [0, 0.1) is 13.8 Å². The van der Waals surface area contributed by atoms with Gasteiger partial charge in [0.2, 0.25) is 0 Å². The Morgan fingerprint density at radius 2 is 2.10 bits per heavy atom. The summed E-state index contributed by atoms with van der Waals surface area (Å²) in [6.45, 7) is 6.22. The topological polar surface area (TPSA) is 57.9 Å². The maximum absolute atomic E-state index is 6.04. The lowest BCUT2D eigenvalue weighted by molar-refractivity contribution is 0.503. The lowest BCUT2D eigenvalue weighted by Crippen LogP contribution is -2.43. The Morgan fingerprint density at radius 1 is 1.25 bits per heavy atom. The minimum atomic E-state index is 0.269. The van der Waals surface area contributed by atoms with Crippen LogP contribution in [0.3, 0.4) is 0 Å². The first-order valence-corrected chi connectivity index (χ1v) is 7.27. The number of nitrogens with one attached hydrogen (secondary N) is 1. The van der Waals surface area contributed by atoms with Crippen LogP contribution < -0.4 is 10.6 Å². The van der Waals surface area contributed by atoms with Gasteiger partial charge in [0.1, 0.15) is 0 Å². The second-order valence-corrected chi connectivity index (χ2v) is 5.79. The predicted octanol–water partition coefficient (Wildman–Crippen LogP) is 2.62. The van der Waals surface area contributed by atoms with E-state index in [1.807, 2.05) is 0 Å². The number of anilines is 1. The van der Waals surface area contributed by atoms with Crippen molar-refractivity contribution < 1.29 is 0 Å². The summed E-state index contributed by atoms with van der Waals surface area (Å²) in [6, 6.07) is 8.89. The predicted molar refractivity (Wildman–Crippen MR) is 82.9 cm³/mol. The molecule has 1 aliphatic heterocycles. The van der Waals surface area contributed by atoms with Crippen molar-refractivity contribution in [1.29, 1.82) is 0 Å². The zero-order chi connectivity index (χ0) is 14.1. The maximum atomic E-state index is 6.04. The summed E-state index contributed by atoms with van der Waals surface area (Å²) < 4.78 is 0. The lowest BCUT2D eigenvalue weighted by atomic mass is 10.0.